The van der Waals surface area contributed by atoms with Gasteiger partial charge in [-0.2, -0.15) is 0 Å². The maximum atomic E-state index is 11.7. The summed E-state index contributed by atoms with van der Waals surface area (Å²) in [5, 5.41) is 3.28. The lowest BCUT2D eigenvalue weighted by atomic mass is 9.73. The third-order valence-electron chi connectivity index (χ3n) is 3.10. The number of rotatable bonds is 2. The van der Waals surface area contributed by atoms with Crippen molar-refractivity contribution in [3.05, 3.63) is 0 Å². The standard InChI is InChI=1S/C10H19NO2/c1-4-13-9(12)10(3)5-6-11-7-8(10)2/h8,11H,4-7H2,1-3H3. The van der Waals surface area contributed by atoms with Crippen molar-refractivity contribution in [2.45, 2.75) is 27.2 Å². The van der Waals surface area contributed by atoms with E-state index in [1.807, 2.05) is 13.8 Å². The number of nitrogens with one attached hydrogen (secondary N) is 1. The van der Waals surface area contributed by atoms with Gasteiger partial charge in [-0.1, -0.05) is 6.92 Å². The van der Waals surface area contributed by atoms with Crippen molar-refractivity contribution in [3.63, 3.8) is 0 Å². The first-order valence-corrected chi connectivity index (χ1v) is 4.99. The summed E-state index contributed by atoms with van der Waals surface area (Å²) in [5.41, 5.74) is -0.277. The molecule has 1 fully saturated rings. The van der Waals surface area contributed by atoms with Crippen LogP contribution < -0.4 is 5.32 Å². The van der Waals surface area contributed by atoms with Crippen LogP contribution >= 0.6 is 0 Å². The van der Waals surface area contributed by atoms with Gasteiger partial charge in [-0.25, -0.2) is 0 Å². The summed E-state index contributed by atoms with van der Waals surface area (Å²) >= 11 is 0. The average Bonchev–Trinajstić information content (AvgIpc) is 2.11. The average molecular weight is 185 g/mol. The van der Waals surface area contributed by atoms with Crippen molar-refractivity contribution < 1.29 is 9.53 Å². The number of piperidine rings is 1. The summed E-state index contributed by atoms with van der Waals surface area (Å²) in [6.07, 6.45) is 0.882. The maximum Gasteiger partial charge on any atom is 0.312 e. The predicted octanol–water partition coefficient (Wildman–Crippen LogP) is 1.19. The predicted molar refractivity (Wildman–Crippen MR) is 51.4 cm³/mol. The van der Waals surface area contributed by atoms with Crippen molar-refractivity contribution in [2.75, 3.05) is 19.7 Å². The molecule has 1 N–H and O–H groups in total. The van der Waals surface area contributed by atoms with Crippen LogP contribution in [0.4, 0.5) is 0 Å². The molecule has 1 aliphatic rings. The van der Waals surface area contributed by atoms with E-state index in [1.165, 1.54) is 0 Å². The summed E-state index contributed by atoms with van der Waals surface area (Å²) in [6.45, 7) is 8.27. The van der Waals surface area contributed by atoms with Gasteiger partial charge in [0.05, 0.1) is 12.0 Å². The van der Waals surface area contributed by atoms with Crippen LogP contribution in [-0.4, -0.2) is 25.7 Å². The Hall–Kier alpha value is -0.570. The zero-order chi connectivity index (χ0) is 9.90. The van der Waals surface area contributed by atoms with E-state index >= 15 is 0 Å². The van der Waals surface area contributed by atoms with Crippen molar-refractivity contribution in [2.24, 2.45) is 11.3 Å². The Labute approximate surface area is 79.8 Å². The van der Waals surface area contributed by atoms with Gasteiger partial charge in [0.2, 0.25) is 0 Å². The minimum Gasteiger partial charge on any atom is -0.466 e. The molecule has 0 bridgehead atoms. The molecule has 1 saturated heterocycles. The minimum atomic E-state index is -0.277. The molecule has 0 amide bonds. The first-order chi connectivity index (χ1) is 6.11. The van der Waals surface area contributed by atoms with E-state index in [9.17, 15) is 4.79 Å². The minimum absolute atomic E-state index is 0.0380. The van der Waals surface area contributed by atoms with Crippen LogP contribution in [0, 0.1) is 11.3 Å². The van der Waals surface area contributed by atoms with Crippen molar-refractivity contribution >= 4 is 5.97 Å². The Morgan fingerprint density at radius 1 is 1.69 bits per heavy atom. The Kier molecular flexibility index (Phi) is 3.31. The summed E-state index contributed by atoms with van der Waals surface area (Å²) in [7, 11) is 0. The molecule has 1 aliphatic heterocycles. The van der Waals surface area contributed by atoms with Crippen molar-refractivity contribution in [3.8, 4) is 0 Å². The molecule has 1 heterocycles. The van der Waals surface area contributed by atoms with Crippen LogP contribution in [0.1, 0.15) is 27.2 Å². The lowest BCUT2D eigenvalue weighted by Gasteiger charge is -2.37. The van der Waals surface area contributed by atoms with Gasteiger partial charge in [-0.05, 0) is 39.3 Å². The molecule has 0 aliphatic carbocycles. The summed E-state index contributed by atoms with van der Waals surface area (Å²) in [6, 6.07) is 0. The Morgan fingerprint density at radius 3 is 2.92 bits per heavy atom. The van der Waals surface area contributed by atoms with E-state index < -0.39 is 0 Å². The molecule has 0 spiro atoms. The molecule has 0 radical (unpaired) electrons. The highest BCUT2D eigenvalue weighted by Crippen LogP contribution is 2.34. The first kappa shape index (κ1) is 10.5. The fourth-order valence-electron chi connectivity index (χ4n) is 1.74. The number of esters is 1. The van der Waals surface area contributed by atoms with E-state index in [0.29, 0.717) is 12.5 Å². The zero-order valence-corrected chi connectivity index (χ0v) is 8.72. The van der Waals surface area contributed by atoms with Gasteiger partial charge in [-0.3, -0.25) is 4.79 Å². The number of hydrogen-bond acceptors (Lipinski definition) is 3. The first-order valence-electron chi connectivity index (χ1n) is 4.99. The SMILES string of the molecule is CCOC(=O)C1(C)CCNCC1C. The highest BCUT2D eigenvalue weighted by molar-refractivity contribution is 5.77. The molecular formula is C10H19NO2. The Bertz CT molecular complexity index is 193. The van der Waals surface area contributed by atoms with Crippen LogP contribution in [0.3, 0.4) is 0 Å². The van der Waals surface area contributed by atoms with E-state index in [4.69, 9.17) is 4.74 Å². The van der Waals surface area contributed by atoms with E-state index in [1.54, 1.807) is 0 Å². The van der Waals surface area contributed by atoms with Crippen LogP contribution in [0.5, 0.6) is 0 Å². The van der Waals surface area contributed by atoms with Crippen LogP contribution in [0.25, 0.3) is 0 Å². The second-order valence-electron chi connectivity index (χ2n) is 3.99. The van der Waals surface area contributed by atoms with E-state index in [-0.39, 0.29) is 11.4 Å². The molecular weight excluding hydrogens is 166 g/mol. The summed E-state index contributed by atoms with van der Waals surface area (Å²) in [5.74, 6) is 0.323. The maximum absolute atomic E-state index is 11.7. The summed E-state index contributed by atoms with van der Waals surface area (Å²) < 4.78 is 5.09. The van der Waals surface area contributed by atoms with Crippen LogP contribution in [-0.2, 0) is 9.53 Å². The third kappa shape index (κ3) is 2.02. The smallest absolute Gasteiger partial charge is 0.312 e. The van der Waals surface area contributed by atoms with Crippen LogP contribution in [0.15, 0.2) is 0 Å². The monoisotopic (exact) mass is 185 g/mol. The Morgan fingerprint density at radius 2 is 2.38 bits per heavy atom. The van der Waals surface area contributed by atoms with Gasteiger partial charge < -0.3 is 10.1 Å². The molecule has 0 aromatic heterocycles. The highest BCUT2D eigenvalue weighted by atomic mass is 16.5. The molecule has 2 unspecified atom stereocenters. The molecule has 1 rings (SSSR count). The molecule has 13 heavy (non-hydrogen) atoms. The molecule has 76 valence electrons. The molecule has 3 nitrogen and oxygen atoms in total. The largest absolute Gasteiger partial charge is 0.466 e. The van der Waals surface area contributed by atoms with E-state index in [0.717, 1.165) is 19.5 Å². The Balaban J connectivity index is 2.65. The summed E-state index contributed by atoms with van der Waals surface area (Å²) in [4.78, 5) is 11.7. The van der Waals surface area contributed by atoms with Gasteiger partial charge in [0, 0.05) is 0 Å². The second-order valence-corrected chi connectivity index (χ2v) is 3.99. The molecule has 2 atom stereocenters. The number of ether oxygens (including phenoxy) is 1. The zero-order valence-electron chi connectivity index (χ0n) is 8.72. The molecule has 3 heteroatoms. The number of carbonyl (C=O) groups is 1. The lowest BCUT2D eigenvalue weighted by molar-refractivity contribution is -0.159. The fraction of sp³-hybridized carbons (Fsp3) is 0.900. The van der Waals surface area contributed by atoms with Gasteiger partial charge in [0.1, 0.15) is 0 Å². The normalized spacial score (nSPS) is 34.2. The highest BCUT2D eigenvalue weighted by Gasteiger charge is 2.41. The van der Waals surface area contributed by atoms with Gasteiger partial charge in [0.15, 0.2) is 0 Å². The lowest BCUT2D eigenvalue weighted by Crippen LogP contribution is -2.47. The molecule has 0 aromatic rings. The fourth-order valence-corrected chi connectivity index (χ4v) is 1.74. The van der Waals surface area contributed by atoms with Crippen molar-refractivity contribution in [1.82, 2.24) is 5.32 Å². The number of carbonyl (C=O) groups excluding carboxylic acids is 1. The van der Waals surface area contributed by atoms with Gasteiger partial charge in [-0.15, -0.1) is 0 Å². The van der Waals surface area contributed by atoms with Crippen LogP contribution in [0.2, 0.25) is 0 Å². The number of hydrogen-bond donors (Lipinski definition) is 1. The van der Waals surface area contributed by atoms with Gasteiger partial charge >= 0.3 is 5.97 Å². The molecule has 0 aromatic carbocycles. The topological polar surface area (TPSA) is 38.3 Å². The van der Waals surface area contributed by atoms with E-state index in [2.05, 4.69) is 12.2 Å². The second kappa shape index (κ2) is 4.09. The molecule has 0 saturated carbocycles. The van der Waals surface area contributed by atoms with Crippen molar-refractivity contribution in [1.29, 1.82) is 0 Å². The van der Waals surface area contributed by atoms with Gasteiger partial charge in [0.25, 0.3) is 0 Å². The quantitative estimate of drug-likeness (QED) is 0.657. The third-order valence-corrected chi connectivity index (χ3v) is 3.10.